The Morgan fingerprint density at radius 1 is 1.16 bits per heavy atom. The average Bonchev–Trinajstić information content (AvgIpc) is 2.58. The summed E-state index contributed by atoms with van der Waals surface area (Å²) in [5.41, 5.74) is 2.38. The smallest absolute Gasteiger partial charge is 0.241 e. The van der Waals surface area contributed by atoms with Crippen LogP contribution in [-0.4, -0.2) is 27.1 Å². The lowest BCUT2D eigenvalue weighted by molar-refractivity contribution is -0.119. The van der Waals surface area contributed by atoms with E-state index in [9.17, 15) is 18.5 Å². The van der Waals surface area contributed by atoms with E-state index in [4.69, 9.17) is 0 Å². The van der Waals surface area contributed by atoms with E-state index in [2.05, 4.69) is 5.32 Å². The van der Waals surface area contributed by atoms with E-state index in [1.165, 1.54) is 12.1 Å². The van der Waals surface area contributed by atoms with Crippen LogP contribution in [0.5, 0.6) is 0 Å². The molecule has 0 aliphatic heterocycles. The standard InChI is InChI=1S/C18H19N3O3S/c1-14-7-3-4-9-16(14)12-20-18(22)13-21(25(2,23)24)17-10-6-5-8-15(17)11-19/h3-10H,12-13H2,1-2H3,(H,20,22). The van der Waals surface area contributed by atoms with E-state index in [0.29, 0.717) is 6.54 Å². The molecule has 2 aromatic rings. The summed E-state index contributed by atoms with van der Waals surface area (Å²) in [6.07, 6.45) is 1.01. The number of carbonyl (C=O) groups is 1. The fourth-order valence-electron chi connectivity index (χ4n) is 2.36. The van der Waals surface area contributed by atoms with Gasteiger partial charge in [0.1, 0.15) is 12.6 Å². The summed E-state index contributed by atoms with van der Waals surface area (Å²) < 4.78 is 25.1. The molecule has 0 heterocycles. The van der Waals surface area contributed by atoms with Crippen LogP contribution in [0.3, 0.4) is 0 Å². The van der Waals surface area contributed by atoms with Gasteiger partial charge in [-0.1, -0.05) is 36.4 Å². The summed E-state index contributed by atoms with van der Waals surface area (Å²) >= 11 is 0. The highest BCUT2D eigenvalue weighted by Crippen LogP contribution is 2.21. The Morgan fingerprint density at radius 2 is 1.80 bits per heavy atom. The number of amides is 1. The van der Waals surface area contributed by atoms with Crippen molar-refractivity contribution >= 4 is 21.6 Å². The van der Waals surface area contributed by atoms with Crippen LogP contribution in [0.1, 0.15) is 16.7 Å². The van der Waals surface area contributed by atoms with Gasteiger partial charge in [-0.3, -0.25) is 9.10 Å². The van der Waals surface area contributed by atoms with Crippen molar-refractivity contribution in [1.29, 1.82) is 5.26 Å². The lowest BCUT2D eigenvalue weighted by atomic mass is 10.1. The molecular formula is C18H19N3O3S. The second-order valence-corrected chi connectivity index (χ2v) is 7.51. The van der Waals surface area contributed by atoms with E-state index in [1.807, 2.05) is 37.3 Å². The minimum absolute atomic E-state index is 0.193. The fourth-order valence-corrected chi connectivity index (χ4v) is 3.22. The Kier molecular flexibility index (Phi) is 5.78. The highest BCUT2D eigenvalue weighted by molar-refractivity contribution is 7.92. The zero-order valence-corrected chi connectivity index (χ0v) is 14.9. The minimum Gasteiger partial charge on any atom is -0.350 e. The third-order valence-electron chi connectivity index (χ3n) is 3.72. The molecule has 0 radical (unpaired) electrons. The Hall–Kier alpha value is -2.85. The molecule has 130 valence electrons. The number of nitrogens with zero attached hydrogens (tertiary/aromatic N) is 2. The fraction of sp³-hybridized carbons (Fsp3) is 0.222. The van der Waals surface area contributed by atoms with Gasteiger partial charge in [0.25, 0.3) is 0 Å². The van der Waals surface area contributed by atoms with Crippen molar-refractivity contribution in [1.82, 2.24) is 5.32 Å². The summed E-state index contributed by atoms with van der Waals surface area (Å²) in [5.74, 6) is -0.443. The summed E-state index contributed by atoms with van der Waals surface area (Å²) in [6.45, 7) is 1.86. The molecule has 0 unspecified atom stereocenters. The number of nitrogens with one attached hydrogen (secondary N) is 1. The molecule has 7 heteroatoms. The van der Waals surface area contributed by atoms with Crippen molar-refractivity contribution in [3.05, 3.63) is 65.2 Å². The molecule has 0 saturated carbocycles. The van der Waals surface area contributed by atoms with Gasteiger partial charge < -0.3 is 5.32 Å². The number of hydrogen-bond donors (Lipinski definition) is 1. The van der Waals surface area contributed by atoms with E-state index in [-0.39, 0.29) is 17.8 Å². The zero-order valence-electron chi connectivity index (χ0n) is 14.1. The maximum atomic E-state index is 12.3. The second kappa shape index (κ2) is 7.81. The van der Waals surface area contributed by atoms with Crippen molar-refractivity contribution in [2.24, 2.45) is 0 Å². The first kappa shape index (κ1) is 18.5. The number of benzene rings is 2. The van der Waals surface area contributed by atoms with Gasteiger partial charge in [-0.05, 0) is 30.2 Å². The molecule has 0 aromatic heterocycles. The van der Waals surface area contributed by atoms with Crippen molar-refractivity contribution in [2.45, 2.75) is 13.5 Å². The van der Waals surface area contributed by atoms with E-state index >= 15 is 0 Å². The highest BCUT2D eigenvalue weighted by atomic mass is 32.2. The first-order chi connectivity index (χ1) is 11.8. The molecule has 1 amide bonds. The number of anilines is 1. The quantitative estimate of drug-likeness (QED) is 0.855. The van der Waals surface area contributed by atoms with Gasteiger partial charge in [-0.2, -0.15) is 5.26 Å². The zero-order chi connectivity index (χ0) is 18.4. The van der Waals surface area contributed by atoms with Gasteiger partial charge in [0, 0.05) is 6.54 Å². The molecule has 0 aliphatic carbocycles. The van der Waals surface area contributed by atoms with Crippen LogP contribution >= 0.6 is 0 Å². The summed E-state index contributed by atoms with van der Waals surface area (Å²) in [5, 5.41) is 11.9. The lowest BCUT2D eigenvalue weighted by Gasteiger charge is -2.22. The van der Waals surface area contributed by atoms with Crippen molar-refractivity contribution in [3.63, 3.8) is 0 Å². The number of sulfonamides is 1. The van der Waals surface area contributed by atoms with Crippen LogP contribution in [0.4, 0.5) is 5.69 Å². The van der Waals surface area contributed by atoms with Gasteiger partial charge in [0.15, 0.2) is 0 Å². The van der Waals surface area contributed by atoms with Crippen molar-refractivity contribution in [3.8, 4) is 6.07 Å². The largest absolute Gasteiger partial charge is 0.350 e. The topological polar surface area (TPSA) is 90.3 Å². The predicted octanol–water partition coefficient (Wildman–Crippen LogP) is 1.95. The lowest BCUT2D eigenvalue weighted by Crippen LogP contribution is -2.40. The Balaban J connectivity index is 2.17. The molecule has 0 atom stereocenters. The number of para-hydroxylation sites is 1. The maximum absolute atomic E-state index is 12.3. The third kappa shape index (κ3) is 4.81. The number of carbonyl (C=O) groups excluding carboxylic acids is 1. The Labute approximate surface area is 147 Å². The normalized spacial score (nSPS) is 10.8. The van der Waals surface area contributed by atoms with Gasteiger partial charge >= 0.3 is 0 Å². The first-order valence-electron chi connectivity index (χ1n) is 7.61. The molecule has 0 aliphatic rings. The molecule has 0 bridgehead atoms. The van der Waals surface area contributed by atoms with E-state index in [0.717, 1.165) is 21.7 Å². The molecule has 1 N–H and O–H groups in total. The number of aryl methyl sites for hydroxylation is 1. The molecule has 0 spiro atoms. The third-order valence-corrected chi connectivity index (χ3v) is 4.84. The highest BCUT2D eigenvalue weighted by Gasteiger charge is 2.23. The molecular weight excluding hydrogens is 338 g/mol. The van der Waals surface area contributed by atoms with Crippen molar-refractivity contribution in [2.75, 3.05) is 17.1 Å². The second-order valence-electron chi connectivity index (χ2n) is 5.60. The molecule has 25 heavy (non-hydrogen) atoms. The van der Waals surface area contributed by atoms with E-state index < -0.39 is 15.9 Å². The van der Waals surface area contributed by atoms with Gasteiger partial charge in [0.05, 0.1) is 17.5 Å². The predicted molar refractivity (Wildman–Crippen MR) is 96.4 cm³/mol. The molecule has 0 fully saturated rings. The van der Waals surface area contributed by atoms with Gasteiger partial charge in [-0.15, -0.1) is 0 Å². The minimum atomic E-state index is -3.72. The summed E-state index contributed by atoms with van der Waals surface area (Å²) in [6, 6.07) is 15.9. The van der Waals surface area contributed by atoms with Crippen LogP contribution in [0.15, 0.2) is 48.5 Å². The van der Waals surface area contributed by atoms with Gasteiger partial charge in [0.2, 0.25) is 15.9 Å². The van der Waals surface area contributed by atoms with Crippen LogP contribution in [0.2, 0.25) is 0 Å². The number of rotatable bonds is 6. The number of hydrogen-bond acceptors (Lipinski definition) is 4. The molecule has 0 saturated heterocycles. The average molecular weight is 357 g/mol. The Bertz CT molecular complexity index is 917. The van der Waals surface area contributed by atoms with Crippen LogP contribution in [-0.2, 0) is 21.4 Å². The number of nitriles is 1. The first-order valence-corrected chi connectivity index (χ1v) is 9.46. The molecule has 2 rings (SSSR count). The molecule has 2 aromatic carbocycles. The van der Waals surface area contributed by atoms with Crippen LogP contribution < -0.4 is 9.62 Å². The van der Waals surface area contributed by atoms with E-state index in [1.54, 1.807) is 12.1 Å². The SMILES string of the molecule is Cc1ccccc1CNC(=O)CN(c1ccccc1C#N)S(C)(=O)=O. The molecule has 6 nitrogen and oxygen atoms in total. The Morgan fingerprint density at radius 3 is 2.44 bits per heavy atom. The van der Waals surface area contributed by atoms with Crippen LogP contribution in [0, 0.1) is 18.3 Å². The monoisotopic (exact) mass is 357 g/mol. The van der Waals surface area contributed by atoms with Crippen molar-refractivity contribution < 1.29 is 13.2 Å². The summed E-state index contributed by atoms with van der Waals surface area (Å²) in [7, 11) is -3.72. The van der Waals surface area contributed by atoms with Crippen LogP contribution in [0.25, 0.3) is 0 Å². The summed E-state index contributed by atoms with van der Waals surface area (Å²) in [4.78, 5) is 12.3. The maximum Gasteiger partial charge on any atom is 0.241 e. The van der Waals surface area contributed by atoms with Gasteiger partial charge in [-0.25, -0.2) is 8.42 Å².